The van der Waals surface area contributed by atoms with Crippen LogP contribution in [0.5, 0.6) is 0 Å². The Morgan fingerprint density at radius 3 is 2.83 bits per heavy atom. The molecule has 0 saturated carbocycles. The molecule has 1 atom stereocenters. The van der Waals surface area contributed by atoms with Crippen molar-refractivity contribution in [3.8, 4) is 0 Å². The van der Waals surface area contributed by atoms with E-state index in [1.165, 1.54) is 6.20 Å². The second-order valence-electron chi connectivity index (χ2n) is 3.81. The first-order chi connectivity index (χ1) is 8.56. The first-order valence-electron chi connectivity index (χ1n) is 5.50. The molecule has 18 heavy (non-hydrogen) atoms. The van der Waals surface area contributed by atoms with Crippen LogP contribution < -0.4 is 5.32 Å². The summed E-state index contributed by atoms with van der Waals surface area (Å²) in [5.74, 6) is -0.786. The predicted octanol–water partition coefficient (Wildman–Crippen LogP) is 1.33. The number of carbonyl (C=O) groups excluding carboxylic acids is 1. The molecular formula is C12H16N2O3S. The standard InChI is InChI=1S/C12H16N2O3S/c1-8-4-3-6-13-10(8)11(15)14-9(12(16)17)5-7-18-2/h3-4,6,9H,5,7H2,1-2H3,(H,14,15)(H,16,17)/t9-/m0/s1. The highest BCUT2D eigenvalue weighted by atomic mass is 32.2. The third-order valence-corrected chi connectivity index (χ3v) is 3.08. The van der Waals surface area contributed by atoms with E-state index in [1.807, 2.05) is 6.26 Å². The predicted molar refractivity (Wildman–Crippen MR) is 70.9 cm³/mol. The van der Waals surface area contributed by atoms with Gasteiger partial charge in [-0.2, -0.15) is 11.8 Å². The molecule has 1 amide bonds. The van der Waals surface area contributed by atoms with Crippen molar-refractivity contribution in [3.63, 3.8) is 0 Å². The maximum absolute atomic E-state index is 11.9. The van der Waals surface area contributed by atoms with E-state index in [1.54, 1.807) is 30.8 Å². The number of amides is 1. The average molecular weight is 268 g/mol. The lowest BCUT2D eigenvalue weighted by Gasteiger charge is -2.14. The Morgan fingerprint density at radius 1 is 1.56 bits per heavy atom. The fourth-order valence-electron chi connectivity index (χ4n) is 1.44. The number of rotatable bonds is 6. The zero-order valence-corrected chi connectivity index (χ0v) is 11.2. The molecule has 0 bridgehead atoms. The Kier molecular flexibility index (Phi) is 5.64. The molecular weight excluding hydrogens is 252 g/mol. The van der Waals surface area contributed by atoms with E-state index < -0.39 is 17.9 Å². The van der Waals surface area contributed by atoms with Crippen LogP contribution in [0.25, 0.3) is 0 Å². The number of carboxylic acid groups (broad SMARTS) is 1. The van der Waals surface area contributed by atoms with Gasteiger partial charge in [-0.05, 0) is 37.0 Å². The molecule has 0 aromatic carbocycles. The Balaban J connectivity index is 2.72. The largest absolute Gasteiger partial charge is 0.480 e. The Morgan fingerprint density at radius 2 is 2.28 bits per heavy atom. The van der Waals surface area contributed by atoms with Crippen molar-refractivity contribution in [1.29, 1.82) is 0 Å². The fraction of sp³-hybridized carbons (Fsp3) is 0.417. The molecule has 1 aromatic heterocycles. The maximum Gasteiger partial charge on any atom is 0.326 e. The van der Waals surface area contributed by atoms with Crippen LogP contribution in [0.3, 0.4) is 0 Å². The summed E-state index contributed by atoms with van der Waals surface area (Å²) in [4.78, 5) is 26.9. The van der Waals surface area contributed by atoms with Crippen molar-refractivity contribution < 1.29 is 14.7 Å². The van der Waals surface area contributed by atoms with Crippen molar-refractivity contribution in [3.05, 3.63) is 29.6 Å². The zero-order valence-electron chi connectivity index (χ0n) is 10.3. The van der Waals surface area contributed by atoms with Gasteiger partial charge in [0.25, 0.3) is 5.91 Å². The van der Waals surface area contributed by atoms with Gasteiger partial charge in [-0.15, -0.1) is 0 Å². The molecule has 1 aromatic rings. The molecule has 0 aliphatic heterocycles. The van der Waals surface area contributed by atoms with E-state index >= 15 is 0 Å². The van der Waals surface area contributed by atoms with E-state index in [2.05, 4.69) is 10.3 Å². The number of carboxylic acids is 1. The minimum atomic E-state index is -1.02. The minimum Gasteiger partial charge on any atom is -0.480 e. The van der Waals surface area contributed by atoms with E-state index in [4.69, 9.17) is 5.11 Å². The van der Waals surface area contributed by atoms with E-state index in [0.717, 1.165) is 5.56 Å². The minimum absolute atomic E-state index is 0.271. The van der Waals surface area contributed by atoms with Gasteiger partial charge >= 0.3 is 5.97 Å². The van der Waals surface area contributed by atoms with Gasteiger partial charge in [-0.25, -0.2) is 4.79 Å². The zero-order chi connectivity index (χ0) is 13.5. The molecule has 0 spiro atoms. The second-order valence-corrected chi connectivity index (χ2v) is 4.80. The molecule has 0 unspecified atom stereocenters. The average Bonchev–Trinajstić information content (AvgIpc) is 2.34. The van der Waals surface area contributed by atoms with Gasteiger partial charge in [0, 0.05) is 6.20 Å². The van der Waals surface area contributed by atoms with Crippen LogP contribution in [0, 0.1) is 6.92 Å². The van der Waals surface area contributed by atoms with Gasteiger partial charge in [0.15, 0.2) is 0 Å². The SMILES string of the molecule is CSCC[C@H](NC(=O)c1ncccc1C)C(=O)O. The number of nitrogens with zero attached hydrogens (tertiary/aromatic N) is 1. The number of pyridine rings is 1. The highest BCUT2D eigenvalue weighted by molar-refractivity contribution is 7.98. The summed E-state index contributed by atoms with van der Waals surface area (Å²) in [6, 6.07) is 2.63. The monoisotopic (exact) mass is 268 g/mol. The van der Waals surface area contributed by atoms with Gasteiger partial charge in [0.05, 0.1) is 0 Å². The molecule has 5 nitrogen and oxygen atoms in total. The van der Waals surface area contributed by atoms with Gasteiger partial charge in [-0.3, -0.25) is 9.78 Å². The van der Waals surface area contributed by atoms with Gasteiger partial charge < -0.3 is 10.4 Å². The highest BCUT2D eigenvalue weighted by Gasteiger charge is 2.21. The lowest BCUT2D eigenvalue weighted by atomic mass is 10.2. The van der Waals surface area contributed by atoms with Crippen LogP contribution in [0.2, 0.25) is 0 Å². The van der Waals surface area contributed by atoms with E-state index in [-0.39, 0.29) is 5.69 Å². The summed E-state index contributed by atoms with van der Waals surface area (Å²) in [5, 5.41) is 11.5. The Labute approximate surface area is 110 Å². The highest BCUT2D eigenvalue weighted by Crippen LogP contribution is 2.06. The first-order valence-corrected chi connectivity index (χ1v) is 6.90. The van der Waals surface area contributed by atoms with Crippen LogP contribution in [0.15, 0.2) is 18.3 Å². The van der Waals surface area contributed by atoms with Gasteiger partial charge in [0.2, 0.25) is 0 Å². The quantitative estimate of drug-likeness (QED) is 0.813. The van der Waals surface area contributed by atoms with Crippen LogP contribution >= 0.6 is 11.8 Å². The number of thioether (sulfide) groups is 1. The lowest BCUT2D eigenvalue weighted by Crippen LogP contribution is -2.41. The number of aryl methyl sites for hydroxylation is 1. The smallest absolute Gasteiger partial charge is 0.326 e. The number of aliphatic carboxylic acids is 1. The topological polar surface area (TPSA) is 79.3 Å². The molecule has 0 radical (unpaired) electrons. The summed E-state index contributed by atoms with van der Waals surface area (Å²) in [6.45, 7) is 1.76. The summed E-state index contributed by atoms with van der Waals surface area (Å²) in [5.41, 5.74) is 0.997. The third kappa shape index (κ3) is 4.03. The third-order valence-electron chi connectivity index (χ3n) is 2.44. The number of hydrogen-bond acceptors (Lipinski definition) is 4. The molecule has 0 fully saturated rings. The van der Waals surface area contributed by atoms with Crippen molar-refractivity contribution >= 4 is 23.6 Å². The first kappa shape index (κ1) is 14.5. The van der Waals surface area contributed by atoms with Crippen molar-refractivity contribution in [2.24, 2.45) is 0 Å². The lowest BCUT2D eigenvalue weighted by molar-refractivity contribution is -0.139. The summed E-state index contributed by atoms with van der Waals surface area (Å²) < 4.78 is 0. The van der Waals surface area contributed by atoms with Crippen molar-refractivity contribution in [2.45, 2.75) is 19.4 Å². The molecule has 1 rings (SSSR count). The molecule has 0 aliphatic rings. The molecule has 6 heteroatoms. The fourth-order valence-corrected chi connectivity index (χ4v) is 1.91. The summed E-state index contributed by atoms with van der Waals surface area (Å²) in [6.07, 6.45) is 3.80. The van der Waals surface area contributed by atoms with Crippen molar-refractivity contribution in [2.75, 3.05) is 12.0 Å². The van der Waals surface area contributed by atoms with Crippen LogP contribution in [0.1, 0.15) is 22.5 Å². The van der Waals surface area contributed by atoms with Crippen LogP contribution in [0.4, 0.5) is 0 Å². The summed E-state index contributed by atoms with van der Waals surface area (Å²) in [7, 11) is 0. The Bertz CT molecular complexity index is 437. The van der Waals surface area contributed by atoms with E-state index in [9.17, 15) is 9.59 Å². The van der Waals surface area contributed by atoms with Crippen LogP contribution in [-0.2, 0) is 4.79 Å². The summed E-state index contributed by atoms with van der Waals surface area (Å²) >= 11 is 1.54. The van der Waals surface area contributed by atoms with Crippen LogP contribution in [-0.4, -0.2) is 40.0 Å². The number of nitrogens with one attached hydrogen (secondary N) is 1. The number of carbonyl (C=O) groups is 2. The molecule has 0 saturated heterocycles. The second kappa shape index (κ2) is 7.00. The van der Waals surface area contributed by atoms with E-state index in [0.29, 0.717) is 12.2 Å². The molecule has 0 aliphatic carbocycles. The Hall–Kier alpha value is -1.56. The molecule has 1 heterocycles. The van der Waals surface area contributed by atoms with Crippen molar-refractivity contribution in [1.82, 2.24) is 10.3 Å². The van der Waals surface area contributed by atoms with Gasteiger partial charge in [-0.1, -0.05) is 6.07 Å². The maximum atomic E-state index is 11.9. The normalized spacial score (nSPS) is 11.9. The number of hydrogen-bond donors (Lipinski definition) is 2. The number of aromatic nitrogens is 1. The molecule has 98 valence electrons. The van der Waals surface area contributed by atoms with Gasteiger partial charge in [0.1, 0.15) is 11.7 Å². The molecule has 2 N–H and O–H groups in total.